The van der Waals surface area contributed by atoms with Crippen LogP contribution in [-0.2, 0) is 13.2 Å². The van der Waals surface area contributed by atoms with Gasteiger partial charge in [0.05, 0.1) is 6.20 Å². The lowest BCUT2D eigenvalue weighted by Gasteiger charge is -2.09. The Labute approximate surface area is 91.8 Å². The van der Waals surface area contributed by atoms with Gasteiger partial charge in [-0.2, -0.15) is 0 Å². The Morgan fingerprint density at radius 2 is 2.25 bits per heavy atom. The Morgan fingerprint density at radius 1 is 1.38 bits per heavy atom. The van der Waals surface area contributed by atoms with E-state index in [2.05, 4.69) is 5.16 Å². The standard InChI is InChI=1S/C11H11FN2O2/c12-10-3-1-2-8(6-13)11(10)15-7-9-4-5-14-16-9/h1-5H,6-7,13H2. The molecule has 4 nitrogen and oxygen atoms in total. The van der Waals surface area contributed by atoms with Gasteiger partial charge in [-0.15, -0.1) is 0 Å². The smallest absolute Gasteiger partial charge is 0.174 e. The lowest BCUT2D eigenvalue weighted by molar-refractivity contribution is 0.238. The highest BCUT2D eigenvalue weighted by molar-refractivity contribution is 5.34. The Hall–Kier alpha value is -1.88. The van der Waals surface area contributed by atoms with E-state index in [1.54, 1.807) is 18.2 Å². The molecule has 0 bridgehead atoms. The number of benzene rings is 1. The van der Waals surface area contributed by atoms with Crippen molar-refractivity contribution < 1.29 is 13.7 Å². The number of aromatic nitrogens is 1. The summed E-state index contributed by atoms with van der Waals surface area (Å²) in [5.74, 6) is 0.273. The molecule has 0 saturated carbocycles. The molecule has 0 atom stereocenters. The molecule has 0 amide bonds. The largest absolute Gasteiger partial charge is 0.482 e. The topological polar surface area (TPSA) is 61.3 Å². The molecular formula is C11H11FN2O2. The highest BCUT2D eigenvalue weighted by Gasteiger charge is 2.09. The van der Waals surface area contributed by atoms with Crippen LogP contribution in [0.25, 0.3) is 0 Å². The zero-order valence-electron chi connectivity index (χ0n) is 8.52. The Bertz CT molecular complexity index is 457. The zero-order valence-corrected chi connectivity index (χ0v) is 8.52. The van der Waals surface area contributed by atoms with Crippen LogP contribution in [0.5, 0.6) is 5.75 Å². The summed E-state index contributed by atoms with van der Waals surface area (Å²) in [6.07, 6.45) is 1.50. The summed E-state index contributed by atoms with van der Waals surface area (Å²) in [7, 11) is 0. The molecule has 0 saturated heterocycles. The van der Waals surface area contributed by atoms with Crippen molar-refractivity contribution in [1.29, 1.82) is 0 Å². The molecular weight excluding hydrogens is 211 g/mol. The number of ether oxygens (including phenoxy) is 1. The third-order valence-corrected chi connectivity index (χ3v) is 2.12. The summed E-state index contributed by atoms with van der Waals surface area (Å²) in [5.41, 5.74) is 6.11. The molecule has 16 heavy (non-hydrogen) atoms. The van der Waals surface area contributed by atoms with E-state index in [0.717, 1.165) is 0 Å². The lowest BCUT2D eigenvalue weighted by atomic mass is 10.2. The van der Waals surface area contributed by atoms with Crippen LogP contribution in [0, 0.1) is 5.82 Å². The van der Waals surface area contributed by atoms with Gasteiger partial charge in [-0.1, -0.05) is 17.3 Å². The SMILES string of the molecule is NCc1cccc(F)c1OCc1ccno1. The molecule has 0 aliphatic rings. The minimum absolute atomic E-state index is 0.133. The van der Waals surface area contributed by atoms with E-state index in [-0.39, 0.29) is 18.9 Å². The van der Waals surface area contributed by atoms with Crippen LogP contribution in [0.4, 0.5) is 4.39 Å². The van der Waals surface area contributed by atoms with E-state index in [0.29, 0.717) is 11.3 Å². The summed E-state index contributed by atoms with van der Waals surface area (Å²) >= 11 is 0. The van der Waals surface area contributed by atoms with Gasteiger partial charge >= 0.3 is 0 Å². The van der Waals surface area contributed by atoms with E-state index in [4.69, 9.17) is 15.0 Å². The van der Waals surface area contributed by atoms with Gasteiger partial charge in [-0.05, 0) is 6.07 Å². The second-order valence-electron chi connectivity index (χ2n) is 3.20. The predicted octanol–water partition coefficient (Wildman–Crippen LogP) is 1.85. The summed E-state index contributed by atoms with van der Waals surface area (Å²) < 4.78 is 23.6. The van der Waals surface area contributed by atoms with E-state index in [9.17, 15) is 4.39 Å². The molecule has 2 N–H and O–H groups in total. The zero-order chi connectivity index (χ0) is 11.4. The fraction of sp³-hybridized carbons (Fsp3) is 0.182. The van der Waals surface area contributed by atoms with Crippen molar-refractivity contribution in [3.63, 3.8) is 0 Å². The van der Waals surface area contributed by atoms with Crippen molar-refractivity contribution in [2.75, 3.05) is 0 Å². The summed E-state index contributed by atoms with van der Waals surface area (Å²) in [6.45, 7) is 0.359. The first kappa shape index (κ1) is 10.6. The van der Waals surface area contributed by atoms with Gasteiger partial charge < -0.3 is 15.0 Å². The highest BCUT2D eigenvalue weighted by Crippen LogP contribution is 2.23. The number of rotatable bonds is 4. The molecule has 0 fully saturated rings. The molecule has 1 heterocycles. The minimum Gasteiger partial charge on any atom is -0.482 e. The van der Waals surface area contributed by atoms with Crippen molar-refractivity contribution in [3.8, 4) is 5.75 Å². The monoisotopic (exact) mass is 222 g/mol. The Kier molecular flexibility index (Phi) is 3.16. The molecule has 0 spiro atoms. The molecule has 0 aliphatic carbocycles. The minimum atomic E-state index is -0.428. The second kappa shape index (κ2) is 4.76. The third-order valence-electron chi connectivity index (χ3n) is 2.12. The molecule has 0 unspecified atom stereocenters. The van der Waals surface area contributed by atoms with Crippen LogP contribution in [0.15, 0.2) is 35.0 Å². The molecule has 5 heteroatoms. The van der Waals surface area contributed by atoms with Crippen LogP contribution < -0.4 is 10.5 Å². The van der Waals surface area contributed by atoms with Crippen LogP contribution >= 0.6 is 0 Å². The van der Waals surface area contributed by atoms with Crippen LogP contribution in [0.1, 0.15) is 11.3 Å². The second-order valence-corrected chi connectivity index (χ2v) is 3.20. The highest BCUT2D eigenvalue weighted by atomic mass is 19.1. The van der Waals surface area contributed by atoms with Gasteiger partial charge in [0.2, 0.25) is 0 Å². The van der Waals surface area contributed by atoms with Crippen LogP contribution in [0.3, 0.4) is 0 Å². The van der Waals surface area contributed by atoms with E-state index in [1.807, 2.05) is 0 Å². The van der Waals surface area contributed by atoms with Gasteiger partial charge in [0.1, 0.15) is 6.61 Å². The molecule has 1 aromatic carbocycles. The first-order valence-electron chi connectivity index (χ1n) is 4.81. The maximum atomic E-state index is 13.4. The fourth-order valence-corrected chi connectivity index (χ4v) is 1.34. The summed E-state index contributed by atoms with van der Waals surface area (Å²) in [4.78, 5) is 0. The first-order chi connectivity index (χ1) is 7.81. The molecule has 0 aliphatic heterocycles. The molecule has 2 aromatic rings. The molecule has 0 radical (unpaired) electrons. The van der Waals surface area contributed by atoms with Crippen LogP contribution in [0.2, 0.25) is 0 Å². The quantitative estimate of drug-likeness (QED) is 0.857. The summed E-state index contributed by atoms with van der Waals surface area (Å²) in [5, 5.41) is 3.53. The number of hydrogen-bond acceptors (Lipinski definition) is 4. The Morgan fingerprint density at radius 3 is 2.94 bits per heavy atom. The van der Waals surface area contributed by atoms with Crippen molar-refractivity contribution in [2.45, 2.75) is 13.2 Å². The average Bonchev–Trinajstić information content (AvgIpc) is 2.80. The lowest BCUT2D eigenvalue weighted by Crippen LogP contribution is -2.04. The van der Waals surface area contributed by atoms with Gasteiger partial charge in [-0.3, -0.25) is 0 Å². The number of nitrogens with zero attached hydrogens (tertiary/aromatic N) is 1. The first-order valence-corrected chi connectivity index (χ1v) is 4.81. The van der Waals surface area contributed by atoms with Gasteiger partial charge in [-0.25, -0.2) is 4.39 Å². The predicted molar refractivity (Wildman–Crippen MR) is 55.1 cm³/mol. The normalized spacial score (nSPS) is 10.4. The maximum Gasteiger partial charge on any atom is 0.174 e. The Balaban J connectivity index is 2.14. The number of nitrogens with two attached hydrogens (primary N) is 1. The maximum absolute atomic E-state index is 13.4. The van der Waals surface area contributed by atoms with Gasteiger partial charge in [0, 0.05) is 18.2 Å². The van der Waals surface area contributed by atoms with Gasteiger partial charge in [0.15, 0.2) is 17.3 Å². The van der Waals surface area contributed by atoms with Crippen LogP contribution in [-0.4, -0.2) is 5.16 Å². The third kappa shape index (κ3) is 2.20. The van der Waals surface area contributed by atoms with Crippen molar-refractivity contribution in [1.82, 2.24) is 5.16 Å². The van der Waals surface area contributed by atoms with Crippen molar-refractivity contribution in [2.24, 2.45) is 5.73 Å². The number of halogens is 1. The molecule has 1 aromatic heterocycles. The van der Waals surface area contributed by atoms with E-state index in [1.165, 1.54) is 12.3 Å². The van der Waals surface area contributed by atoms with Gasteiger partial charge in [0.25, 0.3) is 0 Å². The fourth-order valence-electron chi connectivity index (χ4n) is 1.34. The molecule has 84 valence electrons. The number of para-hydroxylation sites is 1. The average molecular weight is 222 g/mol. The van der Waals surface area contributed by atoms with E-state index < -0.39 is 5.82 Å². The molecule has 2 rings (SSSR count). The summed E-state index contributed by atoms with van der Waals surface area (Å²) in [6, 6.07) is 6.30. The van der Waals surface area contributed by atoms with Crippen molar-refractivity contribution >= 4 is 0 Å². The number of hydrogen-bond donors (Lipinski definition) is 1. The van der Waals surface area contributed by atoms with Crippen molar-refractivity contribution in [3.05, 3.63) is 47.6 Å². The van der Waals surface area contributed by atoms with E-state index >= 15 is 0 Å².